The number of hydrogen-bond acceptors (Lipinski definition) is 1. The monoisotopic (exact) mass is 236 g/mol. The summed E-state index contributed by atoms with van der Waals surface area (Å²) in [6.07, 6.45) is 17.6. The third-order valence-electron chi connectivity index (χ3n) is 3.61. The molecule has 0 aromatic carbocycles. The number of allylic oxidation sites excluding steroid dienone is 2. The molecule has 17 heavy (non-hydrogen) atoms. The largest absolute Gasteiger partial charge is 0.300 e. The molecule has 0 aromatic heterocycles. The number of carbonyl (C=O) groups is 1. The first-order chi connectivity index (χ1) is 8.29. The molecule has 1 heteroatoms. The van der Waals surface area contributed by atoms with Gasteiger partial charge in [0, 0.05) is 12.8 Å². The van der Waals surface area contributed by atoms with Crippen molar-refractivity contribution in [2.75, 3.05) is 0 Å². The average Bonchev–Trinajstić information content (AvgIpc) is 2.30. The van der Waals surface area contributed by atoms with Crippen molar-refractivity contribution >= 4 is 5.78 Å². The Morgan fingerprint density at radius 3 is 2.35 bits per heavy atom. The molecule has 0 spiro atoms. The fraction of sp³-hybridized carbons (Fsp3) is 0.812. The minimum Gasteiger partial charge on any atom is -0.300 e. The first-order valence-electron chi connectivity index (χ1n) is 7.45. The van der Waals surface area contributed by atoms with Crippen LogP contribution in [-0.4, -0.2) is 5.78 Å². The third-order valence-corrected chi connectivity index (χ3v) is 3.61. The van der Waals surface area contributed by atoms with Gasteiger partial charge in [-0.25, -0.2) is 0 Å². The van der Waals surface area contributed by atoms with Crippen LogP contribution >= 0.6 is 0 Å². The molecular formula is C16H28O. The molecule has 1 nitrogen and oxygen atoms in total. The zero-order chi connectivity index (χ0) is 12.3. The van der Waals surface area contributed by atoms with E-state index in [0.29, 0.717) is 11.7 Å². The Hall–Kier alpha value is -0.590. The Morgan fingerprint density at radius 2 is 1.59 bits per heavy atom. The van der Waals surface area contributed by atoms with E-state index in [9.17, 15) is 4.79 Å². The van der Waals surface area contributed by atoms with Gasteiger partial charge in [0.1, 0.15) is 5.78 Å². The molecule has 0 radical (unpaired) electrons. The maximum atomic E-state index is 11.7. The van der Waals surface area contributed by atoms with Crippen molar-refractivity contribution in [3.8, 4) is 0 Å². The van der Waals surface area contributed by atoms with Gasteiger partial charge in [0.05, 0.1) is 0 Å². The molecular weight excluding hydrogens is 208 g/mol. The van der Waals surface area contributed by atoms with Crippen LogP contribution in [0.5, 0.6) is 0 Å². The molecule has 0 saturated heterocycles. The molecule has 0 heterocycles. The predicted molar refractivity (Wildman–Crippen MR) is 74.1 cm³/mol. The highest BCUT2D eigenvalue weighted by Crippen LogP contribution is 2.15. The number of rotatable bonds is 0. The first kappa shape index (κ1) is 14.5. The lowest BCUT2D eigenvalue weighted by molar-refractivity contribution is -0.119. The zero-order valence-electron chi connectivity index (χ0n) is 11.4. The van der Waals surface area contributed by atoms with Crippen LogP contribution in [0.25, 0.3) is 0 Å². The summed E-state index contributed by atoms with van der Waals surface area (Å²) in [7, 11) is 0. The highest BCUT2D eigenvalue weighted by molar-refractivity contribution is 5.78. The molecule has 0 amide bonds. The summed E-state index contributed by atoms with van der Waals surface area (Å²) in [5.74, 6) is 1.00. The van der Waals surface area contributed by atoms with Gasteiger partial charge in [-0.05, 0) is 31.6 Å². The molecule has 0 saturated carbocycles. The predicted octanol–water partition coefficient (Wildman–Crippen LogP) is 5.05. The molecule has 1 aliphatic rings. The molecule has 98 valence electrons. The second-order valence-electron chi connectivity index (χ2n) is 5.57. The topological polar surface area (TPSA) is 17.1 Å². The van der Waals surface area contributed by atoms with Crippen LogP contribution in [0.15, 0.2) is 12.2 Å². The Morgan fingerprint density at radius 1 is 0.941 bits per heavy atom. The van der Waals surface area contributed by atoms with E-state index in [1.807, 2.05) is 0 Å². The zero-order valence-corrected chi connectivity index (χ0v) is 11.4. The lowest BCUT2D eigenvalue weighted by Crippen LogP contribution is -2.04. The molecule has 0 aliphatic heterocycles. The maximum absolute atomic E-state index is 11.7. The van der Waals surface area contributed by atoms with Crippen molar-refractivity contribution in [1.29, 1.82) is 0 Å². The van der Waals surface area contributed by atoms with E-state index in [4.69, 9.17) is 0 Å². The van der Waals surface area contributed by atoms with Gasteiger partial charge in [-0.2, -0.15) is 0 Å². The van der Waals surface area contributed by atoms with Crippen LogP contribution in [0.1, 0.15) is 77.6 Å². The van der Waals surface area contributed by atoms with Crippen LogP contribution < -0.4 is 0 Å². The standard InChI is InChI=1S/C16H28O/c1-15-12-10-8-6-4-2-3-5-7-9-11-13-16(17)14-15/h8,10,15H,2-7,9,11-14H2,1H3. The fourth-order valence-electron chi connectivity index (χ4n) is 2.49. The van der Waals surface area contributed by atoms with E-state index >= 15 is 0 Å². The Labute approximate surface area is 107 Å². The van der Waals surface area contributed by atoms with Gasteiger partial charge in [-0.1, -0.05) is 51.2 Å². The van der Waals surface area contributed by atoms with Crippen molar-refractivity contribution in [2.24, 2.45) is 5.92 Å². The highest BCUT2D eigenvalue weighted by atomic mass is 16.1. The van der Waals surface area contributed by atoms with Gasteiger partial charge in [0.25, 0.3) is 0 Å². The minimum atomic E-state index is 0.473. The number of Topliss-reactive ketones (excluding diaryl/α,β-unsaturated/α-hetero) is 1. The smallest absolute Gasteiger partial charge is 0.133 e. The van der Waals surface area contributed by atoms with Crippen LogP contribution in [0.4, 0.5) is 0 Å². The second-order valence-corrected chi connectivity index (χ2v) is 5.57. The average molecular weight is 236 g/mol. The van der Waals surface area contributed by atoms with Crippen molar-refractivity contribution in [3.05, 3.63) is 12.2 Å². The van der Waals surface area contributed by atoms with Gasteiger partial charge in [-0.15, -0.1) is 0 Å². The summed E-state index contributed by atoms with van der Waals surface area (Å²) in [5, 5.41) is 0. The van der Waals surface area contributed by atoms with E-state index in [2.05, 4.69) is 19.1 Å². The Kier molecular flexibility index (Phi) is 8.04. The SMILES string of the molecule is CC1CC=CCCCCCCCCCC(=O)C1. The molecule has 0 fully saturated rings. The van der Waals surface area contributed by atoms with Gasteiger partial charge < -0.3 is 0 Å². The van der Waals surface area contributed by atoms with Gasteiger partial charge in [0.15, 0.2) is 0 Å². The van der Waals surface area contributed by atoms with Crippen LogP contribution in [0.3, 0.4) is 0 Å². The number of carbonyl (C=O) groups excluding carboxylic acids is 1. The van der Waals surface area contributed by atoms with Crippen molar-refractivity contribution < 1.29 is 4.79 Å². The van der Waals surface area contributed by atoms with E-state index in [1.54, 1.807) is 0 Å². The molecule has 1 aliphatic carbocycles. The molecule has 1 rings (SSSR count). The van der Waals surface area contributed by atoms with Crippen LogP contribution in [0, 0.1) is 5.92 Å². The molecule has 0 aromatic rings. The summed E-state index contributed by atoms with van der Waals surface area (Å²) >= 11 is 0. The number of hydrogen-bond donors (Lipinski definition) is 0. The quantitative estimate of drug-likeness (QED) is 0.538. The van der Waals surface area contributed by atoms with E-state index in [1.165, 1.54) is 44.9 Å². The molecule has 0 bridgehead atoms. The van der Waals surface area contributed by atoms with Gasteiger partial charge in [0.2, 0.25) is 0 Å². The van der Waals surface area contributed by atoms with E-state index in [0.717, 1.165) is 25.7 Å². The Balaban J connectivity index is 2.31. The van der Waals surface area contributed by atoms with E-state index in [-0.39, 0.29) is 0 Å². The molecule has 1 atom stereocenters. The normalized spacial score (nSPS) is 26.2. The van der Waals surface area contributed by atoms with Gasteiger partial charge in [-0.3, -0.25) is 4.79 Å². The molecule has 0 N–H and O–H groups in total. The lowest BCUT2D eigenvalue weighted by Gasteiger charge is -2.07. The molecule has 1 unspecified atom stereocenters. The summed E-state index contributed by atoms with van der Waals surface area (Å²) in [4.78, 5) is 11.7. The third kappa shape index (κ3) is 8.18. The maximum Gasteiger partial charge on any atom is 0.133 e. The second kappa shape index (κ2) is 9.44. The first-order valence-corrected chi connectivity index (χ1v) is 7.45. The summed E-state index contributed by atoms with van der Waals surface area (Å²) in [5.41, 5.74) is 0. The minimum absolute atomic E-state index is 0.473. The summed E-state index contributed by atoms with van der Waals surface area (Å²) in [6.45, 7) is 2.19. The van der Waals surface area contributed by atoms with Crippen molar-refractivity contribution in [1.82, 2.24) is 0 Å². The lowest BCUT2D eigenvalue weighted by atomic mass is 9.97. The fourth-order valence-corrected chi connectivity index (χ4v) is 2.49. The van der Waals surface area contributed by atoms with Crippen molar-refractivity contribution in [3.63, 3.8) is 0 Å². The summed E-state index contributed by atoms with van der Waals surface area (Å²) in [6, 6.07) is 0. The van der Waals surface area contributed by atoms with Gasteiger partial charge >= 0.3 is 0 Å². The summed E-state index contributed by atoms with van der Waals surface area (Å²) < 4.78 is 0. The van der Waals surface area contributed by atoms with Crippen LogP contribution in [0.2, 0.25) is 0 Å². The van der Waals surface area contributed by atoms with Crippen molar-refractivity contribution in [2.45, 2.75) is 77.6 Å². The number of ketones is 1. The Bertz CT molecular complexity index is 230. The van der Waals surface area contributed by atoms with E-state index < -0.39 is 0 Å². The van der Waals surface area contributed by atoms with Crippen LogP contribution in [-0.2, 0) is 4.79 Å². The highest BCUT2D eigenvalue weighted by Gasteiger charge is 2.07.